The second-order valence-electron chi connectivity index (χ2n) is 3.97. The molecule has 0 aromatic heterocycles. The van der Waals surface area contributed by atoms with Crippen molar-refractivity contribution in [1.29, 1.82) is 0 Å². The molecule has 2 nitrogen and oxygen atoms in total. The van der Waals surface area contributed by atoms with Gasteiger partial charge in [-0.2, -0.15) is 0 Å². The van der Waals surface area contributed by atoms with Gasteiger partial charge in [0.05, 0.1) is 0 Å². The van der Waals surface area contributed by atoms with Crippen LogP contribution in [-0.4, -0.2) is 5.78 Å². The third-order valence-corrected chi connectivity index (χ3v) is 2.34. The van der Waals surface area contributed by atoms with Crippen LogP contribution in [0.5, 0.6) is 0 Å². The summed E-state index contributed by atoms with van der Waals surface area (Å²) in [5.74, 6) is 0.0875. The molecule has 0 atom stereocenters. The van der Waals surface area contributed by atoms with E-state index in [-0.39, 0.29) is 5.78 Å². The summed E-state index contributed by atoms with van der Waals surface area (Å²) in [5, 5.41) is 3.32. The van der Waals surface area contributed by atoms with Gasteiger partial charge in [0.25, 0.3) is 0 Å². The molecule has 1 N–H and O–H groups in total. The average molecular weight is 217 g/mol. The Morgan fingerprint density at radius 1 is 1.38 bits per heavy atom. The van der Waals surface area contributed by atoms with Crippen LogP contribution in [-0.2, 0) is 4.79 Å². The number of hydrogen-bond acceptors (Lipinski definition) is 2. The van der Waals surface area contributed by atoms with E-state index in [2.05, 4.69) is 25.2 Å². The normalized spacial score (nSPS) is 11.3. The van der Waals surface area contributed by atoms with Crippen molar-refractivity contribution in [1.82, 2.24) is 0 Å². The first-order chi connectivity index (χ1) is 7.63. The number of benzene rings is 1. The quantitative estimate of drug-likeness (QED) is 0.762. The molecular weight excluding hydrogens is 198 g/mol. The minimum absolute atomic E-state index is 0.0875. The molecule has 86 valence electrons. The zero-order valence-electron chi connectivity index (χ0n) is 10.2. The zero-order chi connectivity index (χ0) is 12.0. The summed E-state index contributed by atoms with van der Waals surface area (Å²) in [6.07, 6.45) is 3.60. The minimum Gasteiger partial charge on any atom is -0.359 e. The molecule has 0 amide bonds. The van der Waals surface area contributed by atoms with Crippen LogP contribution in [0.3, 0.4) is 0 Å². The predicted octanol–water partition coefficient (Wildman–Crippen LogP) is 3.68. The highest BCUT2D eigenvalue weighted by molar-refractivity contribution is 5.88. The van der Waals surface area contributed by atoms with Gasteiger partial charge in [0.15, 0.2) is 5.78 Å². The summed E-state index contributed by atoms with van der Waals surface area (Å²) in [6, 6.07) is 8.08. The van der Waals surface area contributed by atoms with Crippen molar-refractivity contribution in [3.8, 4) is 0 Å². The van der Waals surface area contributed by atoms with Gasteiger partial charge >= 0.3 is 0 Å². The Kier molecular flexibility index (Phi) is 4.77. The van der Waals surface area contributed by atoms with E-state index in [0.29, 0.717) is 0 Å². The molecule has 2 heteroatoms. The van der Waals surface area contributed by atoms with Gasteiger partial charge in [-0.3, -0.25) is 4.79 Å². The molecule has 0 aliphatic carbocycles. The van der Waals surface area contributed by atoms with Crippen molar-refractivity contribution in [2.45, 2.75) is 33.6 Å². The van der Waals surface area contributed by atoms with E-state index in [9.17, 15) is 4.79 Å². The van der Waals surface area contributed by atoms with Crippen LogP contribution in [0.2, 0.25) is 0 Å². The Morgan fingerprint density at radius 2 is 2.06 bits per heavy atom. The molecule has 0 aliphatic heterocycles. The van der Waals surface area contributed by atoms with Gasteiger partial charge in [0.2, 0.25) is 0 Å². The van der Waals surface area contributed by atoms with E-state index in [1.807, 2.05) is 18.2 Å². The van der Waals surface area contributed by atoms with E-state index in [1.54, 1.807) is 13.0 Å². The number of hydrogen-bond donors (Lipinski definition) is 1. The maximum atomic E-state index is 11.1. The molecule has 16 heavy (non-hydrogen) atoms. The van der Waals surface area contributed by atoms with Gasteiger partial charge in [0, 0.05) is 17.5 Å². The average Bonchev–Trinajstić information content (AvgIpc) is 2.21. The smallest absolute Gasteiger partial charge is 0.154 e. The second-order valence-corrected chi connectivity index (χ2v) is 3.97. The molecule has 1 aromatic rings. The van der Waals surface area contributed by atoms with Crippen LogP contribution in [0.25, 0.3) is 0 Å². The number of para-hydroxylation sites is 1. The van der Waals surface area contributed by atoms with Crippen LogP contribution < -0.4 is 5.32 Å². The molecule has 0 radical (unpaired) electrons. The van der Waals surface area contributed by atoms with E-state index in [0.717, 1.165) is 24.2 Å². The van der Waals surface area contributed by atoms with Crippen molar-refractivity contribution in [3.63, 3.8) is 0 Å². The van der Waals surface area contributed by atoms with E-state index in [4.69, 9.17) is 0 Å². The highest BCUT2D eigenvalue weighted by Gasteiger charge is 2.01. The largest absolute Gasteiger partial charge is 0.359 e. The molecule has 0 aliphatic rings. The van der Waals surface area contributed by atoms with Crippen LogP contribution in [0.4, 0.5) is 5.69 Å². The van der Waals surface area contributed by atoms with Gasteiger partial charge in [-0.1, -0.05) is 31.5 Å². The number of anilines is 1. The molecule has 1 rings (SSSR count). The first-order valence-electron chi connectivity index (χ1n) is 5.67. The summed E-state index contributed by atoms with van der Waals surface area (Å²) < 4.78 is 0. The molecule has 0 saturated carbocycles. The lowest BCUT2D eigenvalue weighted by atomic mass is 10.1. The van der Waals surface area contributed by atoms with Gasteiger partial charge in [-0.15, -0.1) is 0 Å². The van der Waals surface area contributed by atoms with Crippen LogP contribution in [0.15, 0.2) is 36.0 Å². The monoisotopic (exact) mass is 217 g/mol. The van der Waals surface area contributed by atoms with Crippen molar-refractivity contribution >= 4 is 11.5 Å². The van der Waals surface area contributed by atoms with E-state index >= 15 is 0 Å². The Bertz CT molecular complexity index is 393. The van der Waals surface area contributed by atoms with Crippen LogP contribution in [0.1, 0.15) is 32.3 Å². The van der Waals surface area contributed by atoms with Gasteiger partial charge < -0.3 is 5.32 Å². The van der Waals surface area contributed by atoms with Crippen LogP contribution >= 0.6 is 0 Å². The standard InChI is InChI=1S/C14H19NO/c1-4-7-13(10-12(3)16)15-14-9-6-5-8-11(14)2/h5-6,8-10,15H,4,7H2,1-3H3. The number of nitrogens with one attached hydrogen (secondary N) is 1. The Labute approximate surface area is 97.4 Å². The maximum absolute atomic E-state index is 11.1. The number of aryl methyl sites for hydroxylation is 1. The first kappa shape index (κ1) is 12.5. The number of rotatable bonds is 5. The third kappa shape index (κ3) is 3.89. The molecule has 0 bridgehead atoms. The van der Waals surface area contributed by atoms with Crippen molar-refractivity contribution in [3.05, 3.63) is 41.6 Å². The lowest BCUT2D eigenvalue weighted by Crippen LogP contribution is -2.03. The first-order valence-corrected chi connectivity index (χ1v) is 5.67. The highest BCUT2D eigenvalue weighted by Crippen LogP contribution is 2.17. The minimum atomic E-state index is 0.0875. The number of allylic oxidation sites excluding steroid dienone is 2. The van der Waals surface area contributed by atoms with E-state index < -0.39 is 0 Å². The number of carbonyl (C=O) groups is 1. The van der Waals surface area contributed by atoms with Crippen molar-refractivity contribution in [2.24, 2.45) is 0 Å². The Morgan fingerprint density at radius 3 is 2.62 bits per heavy atom. The SMILES string of the molecule is CCCC(=CC(C)=O)Nc1ccccc1C. The predicted molar refractivity (Wildman–Crippen MR) is 68.5 cm³/mol. The summed E-state index contributed by atoms with van der Waals surface area (Å²) in [5.41, 5.74) is 3.25. The summed E-state index contributed by atoms with van der Waals surface area (Å²) in [6.45, 7) is 5.74. The Hall–Kier alpha value is -1.57. The zero-order valence-corrected chi connectivity index (χ0v) is 10.2. The van der Waals surface area contributed by atoms with Crippen molar-refractivity contribution in [2.75, 3.05) is 5.32 Å². The summed E-state index contributed by atoms with van der Waals surface area (Å²) in [4.78, 5) is 11.1. The molecule has 0 saturated heterocycles. The van der Waals surface area contributed by atoms with E-state index in [1.165, 1.54) is 5.56 Å². The lowest BCUT2D eigenvalue weighted by Gasteiger charge is -2.12. The molecule has 0 heterocycles. The molecule has 0 spiro atoms. The fourth-order valence-corrected chi connectivity index (χ4v) is 1.57. The lowest BCUT2D eigenvalue weighted by molar-refractivity contribution is -0.112. The number of ketones is 1. The fraction of sp³-hybridized carbons (Fsp3) is 0.357. The fourth-order valence-electron chi connectivity index (χ4n) is 1.57. The summed E-state index contributed by atoms with van der Waals surface area (Å²) in [7, 11) is 0. The molecule has 0 unspecified atom stereocenters. The Balaban J connectivity index is 2.84. The summed E-state index contributed by atoms with van der Waals surface area (Å²) >= 11 is 0. The number of carbonyl (C=O) groups excluding carboxylic acids is 1. The maximum Gasteiger partial charge on any atom is 0.154 e. The second kappa shape index (κ2) is 6.11. The molecule has 0 fully saturated rings. The molecule has 1 aromatic carbocycles. The van der Waals surface area contributed by atoms with Crippen LogP contribution in [0, 0.1) is 6.92 Å². The topological polar surface area (TPSA) is 29.1 Å². The third-order valence-electron chi connectivity index (χ3n) is 2.34. The van der Waals surface area contributed by atoms with Gasteiger partial charge in [-0.05, 0) is 31.9 Å². The molecular formula is C14H19NO. The highest BCUT2D eigenvalue weighted by atomic mass is 16.1. The van der Waals surface area contributed by atoms with Crippen molar-refractivity contribution < 1.29 is 4.79 Å². The van der Waals surface area contributed by atoms with Gasteiger partial charge in [0.1, 0.15) is 0 Å². The van der Waals surface area contributed by atoms with Gasteiger partial charge in [-0.25, -0.2) is 0 Å².